The molecule has 0 unspecified atom stereocenters. The highest BCUT2D eigenvalue weighted by molar-refractivity contribution is 5.92. The lowest BCUT2D eigenvalue weighted by molar-refractivity contribution is 0.197. The largest absolute Gasteiger partial charge is 0.385 e. The van der Waals surface area contributed by atoms with E-state index in [0.717, 1.165) is 12.1 Å². The maximum Gasteiger partial charge on any atom is 0.211 e. The predicted molar refractivity (Wildman–Crippen MR) is 67.7 cm³/mol. The van der Waals surface area contributed by atoms with Crippen molar-refractivity contribution in [1.29, 1.82) is 0 Å². The number of guanidine groups is 1. The van der Waals surface area contributed by atoms with E-state index in [0.29, 0.717) is 24.9 Å². The van der Waals surface area contributed by atoms with Gasteiger partial charge < -0.3 is 10.1 Å². The maximum absolute atomic E-state index is 5.37. The SMILES string of the molecule is COCCCN=C(NN)Nc1cc(C)n(C)n1. The second-order valence-corrected chi connectivity index (χ2v) is 3.64. The normalized spacial score (nSPS) is 11.6. The molecule has 1 rings (SSSR count). The second kappa shape index (κ2) is 6.87. The fourth-order valence-corrected chi connectivity index (χ4v) is 1.26. The lowest BCUT2D eigenvalue weighted by atomic mass is 10.4. The number of anilines is 1. The number of ether oxygens (including phenoxy) is 1. The summed E-state index contributed by atoms with van der Waals surface area (Å²) < 4.78 is 6.72. The van der Waals surface area contributed by atoms with Gasteiger partial charge in [0.15, 0.2) is 5.82 Å². The summed E-state index contributed by atoms with van der Waals surface area (Å²) in [4.78, 5) is 4.25. The first kappa shape index (κ1) is 13.5. The number of hydrogen-bond donors (Lipinski definition) is 3. The number of nitrogens with one attached hydrogen (secondary N) is 2. The number of rotatable bonds is 5. The van der Waals surface area contributed by atoms with Gasteiger partial charge in [-0.15, -0.1) is 0 Å². The Morgan fingerprint density at radius 1 is 1.65 bits per heavy atom. The molecule has 7 nitrogen and oxygen atoms in total. The van der Waals surface area contributed by atoms with E-state index in [9.17, 15) is 0 Å². The van der Waals surface area contributed by atoms with Crippen LogP contribution in [-0.4, -0.2) is 36.0 Å². The van der Waals surface area contributed by atoms with Crippen LogP contribution in [0.4, 0.5) is 5.82 Å². The van der Waals surface area contributed by atoms with Crippen LogP contribution in [0.2, 0.25) is 0 Å². The third-order valence-electron chi connectivity index (χ3n) is 2.27. The highest BCUT2D eigenvalue weighted by atomic mass is 16.5. The molecule has 0 aliphatic rings. The zero-order chi connectivity index (χ0) is 12.7. The topological polar surface area (TPSA) is 89.5 Å². The number of methoxy groups -OCH3 is 1. The molecule has 7 heteroatoms. The highest BCUT2D eigenvalue weighted by Crippen LogP contribution is 2.06. The van der Waals surface area contributed by atoms with Crippen molar-refractivity contribution in [3.8, 4) is 0 Å². The first-order chi connectivity index (χ1) is 8.17. The molecule has 96 valence electrons. The van der Waals surface area contributed by atoms with E-state index in [1.807, 2.05) is 20.0 Å². The zero-order valence-electron chi connectivity index (χ0n) is 10.5. The molecule has 4 N–H and O–H groups in total. The predicted octanol–water partition coefficient (Wildman–Crippen LogP) is -0.00378. The van der Waals surface area contributed by atoms with Gasteiger partial charge in [0.2, 0.25) is 5.96 Å². The summed E-state index contributed by atoms with van der Waals surface area (Å²) in [6.45, 7) is 3.31. The van der Waals surface area contributed by atoms with Crippen LogP contribution >= 0.6 is 0 Å². The van der Waals surface area contributed by atoms with Crippen molar-refractivity contribution in [1.82, 2.24) is 15.2 Å². The summed E-state index contributed by atoms with van der Waals surface area (Å²) in [6, 6.07) is 1.92. The van der Waals surface area contributed by atoms with Crippen molar-refractivity contribution in [2.75, 3.05) is 25.6 Å². The molecule has 1 aromatic heterocycles. The van der Waals surface area contributed by atoms with Gasteiger partial charge in [-0.1, -0.05) is 0 Å². The number of nitrogens with zero attached hydrogens (tertiary/aromatic N) is 3. The number of aliphatic imine (C=N–C) groups is 1. The molecule has 0 radical (unpaired) electrons. The molecule has 0 saturated carbocycles. The molecule has 0 aliphatic carbocycles. The minimum Gasteiger partial charge on any atom is -0.385 e. The minimum atomic E-state index is 0.499. The number of aromatic nitrogens is 2. The Morgan fingerprint density at radius 3 is 2.94 bits per heavy atom. The van der Waals surface area contributed by atoms with Gasteiger partial charge in [0.25, 0.3) is 0 Å². The van der Waals surface area contributed by atoms with Gasteiger partial charge in [0.05, 0.1) is 0 Å². The smallest absolute Gasteiger partial charge is 0.211 e. The van der Waals surface area contributed by atoms with Crippen LogP contribution in [0.1, 0.15) is 12.1 Å². The van der Waals surface area contributed by atoms with E-state index in [1.165, 1.54) is 0 Å². The maximum atomic E-state index is 5.37. The van der Waals surface area contributed by atoms with Crippen LogP contribution < -0.4 is 16.6 Å². The summed E-state index contributed by atoms with van der Waals surface area (Å²) in [5, 5.41) is 7.26. The monoisotopic (exact) mass is 240 g/mol. The molecule has 0 bridgehead atoms. The Bertz CT molecular complexity index is 353. The molecule has 0 saturated heterocycles. The van der Waals surface area contributed by atoms with E-state index >= 15 is 0 Å². The van der Waals surface area contributed by atoms with Crippen LogP contribution in [0, 0.1) is 6.92 Å². The van der Waals surface area contributed by atoms with Gasteiger partial charge in [-0.25, -0.2) is 5.84 Å². The van der Waals surface area contributed by atoms with Crippen LogP contribution in [-0.2, 0) is 11.8 Å². The van der Waals surface area contributed by atoms with Gasteiger partial charge in [0, 0.05) is 39.1 Å². The Balaban J connectivity index is 2.51. The molecule has 0 aromatic carbocycles. The van der Waals surface area contributed by atoms with Crippen LogP contribution in [0.3, 0.4) is 0 Å². The Labute approximate surface area is 101 Å². The third kappa shape index (κ3) is 4.41. The van der Waals surface area contributed by atoms with E-state index in [4.69, 9.17) is 10.6 Å². The van der Waals surface area contributed by atoms with Gasteiger partial charge >= 0.3 is 0 Å². The fourth-order valence-electron chi connectivity index (χ4n) is 1.26. The van der Waals surface area contributed by atoms with Crippen molar-refractivity contribution in [3.05, 3.63) is 11.8 Å². The number of nitrogens with two attached hydrogens (primary N) is 1. The summed E-state index contributed by atoms with van der Waals surface area (Å²) >= 11 is 0. The second-order valence-electron chi connectivity index (χ2n) is 3.64. The Kier molecular flexibility index (Phi) is 5.44. The molecular formula is C10H20N6O. The quantitative estimate of drug-likeness (QED) is 0.221. The first-order valence-corrected chi connectivity index (χ1v) is 5.45. The van der Waals surface area contributed by atoms with Gasteiger partial charge in [-0.05, 0) is 13.3 Å². The number of aryl methyl sites for hydroxylation is 2. The number of hydrogen-bond acceptors (Lipinski definition) is 4. The average molecular weight is 240 g/mol. The summed E-state index contributed by atoms with van der Waals surface area (Å²) in [7, 11) is 3.55. The summed E-state index contributed by atoms with van der Waals surface area (Å²) in [5.41, 5.74) is 3.56. The van der Waals surface area contributed by atoms with Crippen LogP contribution in [0.5, 0.6) is 0 Å². The Morgan fingerprint density at radius 2 is 2.41 bits per heavy atom. The number of hydrazine groups is 1. The lowest BCUT2D eigenvalue weighted by Gasteiger charge is -2.06. The summed E-state index contributed by atoms with van der Waals surface area (Å²) in [5.74, 6) is 6.59. The van der Waals surface area contributed by atoms with Crippen molar-refractivity contribution < 1.29 is 4.74 Å². The minimum absolute atomic E-state index is 0.499. The molecule has 1 aromatic rings. The van der Waals surface area contributed by atoms with Crippen molar-refractivity contribution in [3.63, 3.8) is 0 Å². The molecule has 0 atom stereocenters. The molecule has 17 heavy (non-hydrogen) atoms. The van der Waals surface area contributed by atoms with E-state index < -0.39 is 0 Å². The first-order valence-electron chi connectivity index (χ1n) is 5.45. The van der Waals surface area contributed by atoms with E-state index in [-0.39, 0.29) is 0 Å². The molecular weight excluding hydrogens is 220 g/mol. The van der Waals surface area contributed by atoms with Crippen LogP contribution in [0.15, 0.2) is 11.1 Å². The summed E-state index contributed by atoms with van der Waals surface area (Å²) in [6.07, 6.45) is 0.852. The third-order valence-corrected chi connectivity index (χ3v) is 2.27. The average Bonchev–Trinajstić information content (AvgIpc) is 2.62. The molecule has 0 amide bonds. The standard InChI is InChI=1S/C10H20N6O/c1-8-7-9(15-16(8)2)13-10(14-11)12-5-4-6-17-3/h7H,4-6,11H2,1-3H3,(H2,12,13,14,15). The van der Waals surface area contributed by atoms with Gasteiger partial charge in [0.1, 0.15) is 0 Å². The van der Waals surface area contributed by atoms with Crippen molar-refractivity contribution in [2.24, 2.45) is 17.9 Å². The fraction of sp³-hybridized carbons (Fsp3) is 0.600. The Hall–Kier alpha value is -1.60. The van der Waals surface area contributed by atoms with Crippen LogP contribution in [0.25, 0.3) is 0 Å². The molecule has 0 aliphatic heterocycles. The zero-order valence-corrected chi connectivity index (χ0v) is 10.5. The van der Waals surface area contributed by atoms with E-state index in [1.54, 1.807) is 11.8 Å². The molecule has 0 fully saturated rings. The molecule has 1 heterocycles. The van der Waals surface area contributed by atoms with Gasteiger partial charge in [-0.2, -0.15) is 5.10 Å². The van der Waals surface area contributed by atoms with Gasteiger partial charge in [-0.3, -0.25) is 15.1 Å². The highest BCUT2D eigenvalue weighted by Gasteiger charge is 2.03. The van der Waals surface area contributed by atoms with Crippen molar-refractivity contribution in [2.45, 2.75) is 13.3 Å². The molecule has 0 spiro atoms. The van der Waals surface area contributed by atoms with Crippen molar-refractivity contribution >= 4 is 11.8 Å². The lowest BCUT2D eigenvalue weighted by Crippen LogP contribution is -2.36. The van der Waals surface area contributed by atoms with E-state index in [2.05, 4.69) is 20.8 Å².